The molecular formula is C17H18O6. The first-order valence-corrected chi connectivity index (χ1v) is 6.85. The molecular weight excluding hydrogens is 300 g/mol. The molecule has 0 aliphatic heterocycles. The number of ether oxygens (including phenoxy) is 2. The Hall–Kier alpha value is -3.02. The Morgan fingerprint density at radius 3 is 1.65 bits per heavy atom. The molecule has 0 radical (unpaired) electrons. The lowest BCUT2D eigenvalue weighted by atomic mass is 10.1. The van der Waals surface area contributed by atoms with Crippen LogP contribution < -0.4 is 0 Å². The summed E-state index contributed by atoms with van der Waals surface area (Å²) in [5.74, 6) is 0. The smallest absolute Gasteiger partial charge is 0.450 e. The summed E-state index contributed by atoms with van der Waals surface area (Å²) >= 11 is 0. The molecule has 0 aliphatic rings. The number of hydrogen-bond acceptors (Lipinski definition) is 4. The fourth-order valence-corrected chi connectivity index (χ4v) is 1.66. The minimum atomic E-state index is -1.45. The van der Waals surface area contributed by atoms with E-state index in [0.29, 0.717) is 0 Å². The van der Waals surface area contributed by atoms with Crippen LogP contribution in [-0.4, -0.2) is 35.2 Å². The molecule has 2 rings (SSSR count). The van der Waals surface area contributed by atoms with E-state index in [-0.39, 0.29) is 6.61 Å². The van der Waals surface area contributed by atoms with Crippen molar-refractivity contribution in [1.29, 1.82) is 0 Å². The minimum absolute atomic E-state index is 0.290. The largest absolute Gasteiger partial charge is 0.506 e. The van der Waals surface area contributed by atoms with Crippen LogP contribution in [0.2, 0.25) is 0 Å². The van der Waals surface area contributed by atoms with Crippen LogP contribution in [0.15, 0.2) is 60.7 Å². The molecule has 6 nitrogen and oxygen atoms in total. The minimum Gasteiger partial charge on any atom is -0.450 e. The van der Waals surface area contributed by atoms with Crippen LogP contribution in [0.1, 0.15) is 6.92 Å². The molecule has 122 valence electrons. The highest BCUT2D eigenvalue weighted by atomic mass is 16.7. The summed E-state index contributed by atoms with van der Waals surface area (Å²) < 4.78 is 8.16. The van der Waals surface area contributed by atoms with Gasteiger partial charge in [-0.1, -0.05) is 60.7 Å². The summed E-state index contributed by atoms with van der Waals surface area (Å²) in [4.78, 5) is 19.6. The number of carbonyl (C=O) groups is 2. The Balaban J connectivity index is 0.000000232. The zero-order chi connectivity index (χ0) is 17.1. The molecule has 1 unspecified atom stereocenters. The number of rotatable bonds is 4. The van der Waals surface area contributed by atoms with Gasteiger partial charge in [0.1, 0.15) is 12.7 Å². The van der Waals surface area contributed by atoms with Gasteiger partial charge in [-0.3, -0.25) is 0 Å². The first-order valence-electron chi connectivity index (χ1n) is 6.85. The van der Waals surface area contributed by atoms with E-state index in [9.17, 15) is 9.59 Å². The van der Waals surface area contributed by atoms with Gasteiger partial charge in [0, 0.05) is 0 Å². The van der Waals surface area contributed by atoms with E-state index in [1.54, 1.807) is 0 Å². The van der Waals surface area contributed by atoms with Crippen LogP contribution in [0.5, 0.6) is 0 Å². The fraction of sp³-hybridized carbons (Fsp3) is 0.176. The van der Waals surface area contributed by atoms with Crippen LogP contribution in [-0.2, 0) is 9.47 Å². The molecule has 0 fully saturated rings. The quantitative estimate of drug-likeness (QED) is 0.824. The van der Waals surface area contributed by atoms with Crippen molar-refractivity contribution in [3.05, 3.63) is 60.7 Å². The second-order valence-corrected chi connectivity index (χ2v) is 4.50. The third-order valence-corrected chi connectivity index (χ3v) is 2.62. The third kappa shape index (κ3) is 8.11. The molecule has 2 aromatic rings. The Bertz CT molecular complexity index is 559. The van der Waals surface area contributed by atoms with Crippen LogP contribution in [0.4, 0.5) is 9.59 Å². The molecule has 0 saturated heterocycles. The van der Waals surface area contributed by atoms with Gasteiger partial charge >= 0.3 is 12.3 Å². The van der Waals surface area contributed by atoms with Gasteiger partial charge in [-0.25, -0.2) is 9.59 Å². The summed E-state index contributed by atoms with van der Waals surface area (Å²) in [6.07, 6.45) is -3.68. The Morgan fingerprint density at radius 1 is 0.870 bits per heavy atom. The van der Waals surface area contributed by atoms with Crippen molar-refractivity contribution in [2.75, 3.05) is 6.61 Å². The van der Waals surface area contributed by atoms with Gasteiger partial charge in [-0.2, -0.15) is 0 Å². The van der Waals surface area contributed by atoms with Crippen molar-refractivity contribution in [3.8, 4) is 11.1 Å². The molecule has 6 heteroatoms. The predicted octanol–water partition coefficient (Wildman–Crippen LogP) is 4.12. The first-order chi connectivity index (χ1) is 11.0. The van der Waals surface area contributed by atoms with E-state index >= 15 is 0 Å². The van der Waals surface area contributed by atoms with Crippen molar-refractivity contribution in [3.63, 3.8) is 0 Å². The molecule has 0 bridgehead atoms. The number of hydrogen-bond donors (Lipinski definition) is 2. The van der Waals surface area contributed by atoms with E-state index in [1.807, 2.05) is 12.1 Å². The maximum Gasteiger partial charge on any atom is 0.506 e. The normalized spacial score (nSPS) is 10.7. The summed E-state index contributed by atoms with van der Waals surface area (Å²) in [6.45, 7) is 1.10. The van der Waals surface area contributed by atoms with Gasteiger partial charge in [0.15, 0.2) is 0 Å². The van der Waals surface area contributed by atoms with Crippen molar-refractivity contribution in [2.24, 2.45) is 0 Å². The maximum atomic E-state index is 9.83. The van der Waals surface area contributed by atoms with Gasteiger partial charge in [0.2, 0.25) is 0 Å². The summed E-state index contributed by atoms with van der Waals surface area (Å²) in [7, 11) is 0. The van der Waals surface area contributed by atoms with E-state index in [2.05, 4.69) is 58.0 Å². The third-order valence-electron chi connectivity index (χ3n) is 2.62. The molecule has 2 aromatic carbocycles. The zero-order valence-corrected chi connectivity index (χ0v) is 12.6. The van der Waals surface area contributed by atoms with Crippen LogP contribution in [0, 0.1) is 0 Å². The second kappa shape index (κ2) is 9.83. The highest BCUT2D eigenvalue weighted by Gasteiger charge is 2.09. The maximum absolute atomic E-state index is 9.83. The zero-order valence-electron chi connectivity index (χ0n) is 12.6. The molecule has 0 aliphatic carbocycles. The van der Waals surface area contributed by atoms with E-state index in [0.717, 1.165) is 0 Å². The van der Waals surface area contributed by atoms with Crippen molar-refractivity contribution >= 4 is 12.3 Å². The molecule has 0 saturated carbocycles. The Morgan fingerprint density at radius 2 is 1.30 bits per heavy atom. The predicted molar refractivity (Wildman–Crippen MR) is 84.4 cm³/mol. The lowest BCUT2D eigenvalue weighted by Crippen LogP contribution is -2.20. The van der Waals surface area contributed by atoms with E-state index in [1.165, 1.54) is 18.1 Å². The Labute approximate surface area is 133 Å². The molecule has 0 amide bonds. The highest BCUT2D eigenvalue weighted by Crippen LogP contribution is 2.17. The van der Waals surface area contributed by atoms with Crippen molar-refractivity contribution in [1.82, 2.24) is 0 Å². The highest BCUT2D eigenvalue weighted by molar-refractivity contribution is 5.62. The van der Waals surface area contributed by atoms with E-state index in [4.69, 9.17) is 10.2 Å². The van der Waals surface area contributed by atoms with Gasteiger partial charge < -0.3 is 19.7 Å². The summed E-state index contributed by atoms with van der Waals surface area (Å²) in [5.41, 5.74) is 2.55. The van der Waals surface area contributed by atoms with Crippen molar-refractivity contribution < 1.29 is 29.3 Å². The molecule has 0 heterocycles. The summed E-state index contributed by atoms with van der Waals surface area (Å²) in [6, 6.07) is 20.8. The SMILES string of the molecule is CC(COC(=O)O)OC(=O)O.c1ccc(-c2ccccc2)cc1. The number of carboxylic acid groups (broad SMARTS) is 2. The first kappa shape index (κ1) is 18.0. The fourth-order valence-electron chi connectivity index (χ4n) is 1.66. The summed E-state index contributed by atoms with van der Waals surface area (Å²) in [5, 5.41) is 16.0. The van der Waals surface area contributed by atoms with E-state index < -0.39 is 18.4 Å². The van der Waals surface area contributed by atoms with Crippen LogP contribution >= 0.6 is 0 Å². The average molecular weight is 318 g/mol. The topological polar surface area (TPSA) is 93.1 Å². The lowest BCUT2D eigenvalue weighted by Gasteiger charge is -2.08. The van der Waals surface area contributed by atoms with Gasteiger partial charge in [0.05, 0.1) is 0 Å². The molecule has 23 heavy (non-hydrogen) atoms. The van der Waals surface area contributed by atoms with Crippen LogP contribution in [0.25, 0.3) is 11.1 Å². The lowest BCUT2D eigenvalue weighted by molar-refractivity contribution is 0.0122. The van der Waals surface area contributed by atoms with Gasteiger partial charge in [-0.05, 0) is 18.1 Å². The van der Waals surface area contributed by atoms with Crippen LogP contribution in [0.3, 0.4) is 0 Å². The molecule has 0 aromatic heterocycles. The monoisotopic (exact) mass is 318 g/mol. The second-order valence-electron chi connectivity index (χ2n) is 4.50. The molecule has 1 atom stereocenters. The average Bonchev–Trinajstić information content (AvgIpc) is 2.55. The Kier molecular flexibility index (Phi) is 7.71. The van der Waals surface area contributed by atoms with Gasteiger partial charge in [0.25, 0.3) is 0 Å². The standard InChI is InChI=1S/C12H10.C5H8O6/c1-3-7-11(8-4-1)12-9-5-2-6-10-12;1-3(11-5(8)9)2-10-4(6)7/h1-10H;3H,2H2,1H3,(H,6,7)(H,8,9). The van der Waals surface area contributed by atoms with Crippen molar-refractivity contribution in [2.45, 2.75) is 13.0 Å². The molecule has 0 spiro atoms. The molecule has 2 N–H and O–H groups in total. The van der Waals surface area contributed by atoms with Gasteiger partial charge in [-0.15, -0.1) is 0 Å². The number of benzene rings is 2.